The fourth-order valence-corrected chi connectivity index (χ4v) is 3.14. The minimum atomic E-state index is -1.05. The van der Waals surface area contributed by atoms with E-state index in [1.807, 2.05) is 6.92 Å². The van der Waals surface area contributed by atoms with E-state index in [0.717, 1.165) is 25.7 Å². The molecule has 0 saturated heterocycles. The van der Waals surface area contributed by atoms with Crippen LogP contribution < -0.4 is 0 Å². The van der Waals surface area contributed by atoms with Crippen molar-refractivity contribution in [2.75, 3.05) is 7.05 Å². The molecule has 1 aromatic heterocycles. The Morgan fingerprint density at radius 2 is 1.82 bits per heavy atom. The van der Waals surface area contributed by atoms with Gasteiger partial charge in [-0.25, -0.2) is 4.79 Å². The highest BCUT2D eigenvalue weighted by Gasteiger charge is 2.26. The molecular weight excluding hydrogens is 282 g/mol. The normalized spacial score (nSPS) is 16.8. The van der Waals surface area contributed by atoms with E-state index in [1.165, 1.54) is 25.3 Å². The first kappa shape index (κ1) is 16.6. The second kappa shape index (κ2) is 7.47. The summed E-state index contributed by atoms with van der Waals surface area (Å²) in [5.41, 5.74) is 0.0944. The molecule has 2 rings (SSSR count). The quantitative estimate of drug-likeness (QED) is 0.920. The van der Waals surface area contributed by atoms with Crippen molar-refractivity contribution in [2.24, 2.45) is 0 Å². The lowest BCUT2D eigenvalue weighted by atomic mass is 9.96. The average molecular weight is 307 g/mol. The number of furan rings is 1. The summed E-state index contributed by atoms with van der Waals surface area (Å²) in [6, 6.07) is 1.58. The van der Waals surface area contributed by atoms with Crippen LogP contribution in [-0.4, -0.2) is 35.0 Å². The summed E-state index contributed by atoms with van der Waals surface area (Å²) < 4.78 is 5.48. The summed E-state index contributed by atoms with van der Waals surface area (Å²) in [6.45, 7) is 1.82. The van der Waals surface area contributed by atoms with Gasteiger partial charge >= 0.3 is 5.97 Å². The van der Waals surface area contributed by atoms with Crippen molar-refractivity contribution in [3.63, 3.8) is 0 Å². The zero-order valence-electron chi connectivity index (χ0n) is 13.4. The lowest BCUT2D eigenvalue weighted by Gasteiger charge is -2.29. The van der Waals surface area contributed by atoms with Crippen molar-refractivity contribution in [1.82, 2.24) is 4.90 Å². The molecule has 0 aromatic carbocycles. The Kier molecular flexibility index (Phi) is 5.63. The van der Waals surface area contributed by atoms with Gasteiger partial charge in [-0.15, -0.1) is 0 Å². The highest BCUT2D eigenvalue weighted by atomic mass is 16.4. The highest BCUT2D eigenvalue weighted by Crippen LogP contribution is 2.23. The van der Waals surface area contributed by atoms with Gasteiger partial charge in [-0.1, -0.05) is 39.0 Å². The third-order valence-electron chi connectivity index (χ3n) is 4.51. The zero-order valence-corrected chi connectivity index (χ0v) is 13.4. The van der Waals surface area contributed by atoms with Gasteiger partial charge in [0.15, 0.2) is 5.76 Å². The number of hydrogen-bond donors (Lipinski definition) is 1. The zero-order chi connectivity index (χ0) is 16.1. The maximum atomic E-state index is 12.6. The molecule has 0 unspecified atom stereocenters. The van der Waals surface area contributed by atoms with Crippen LogP contribution in [0.5, 0.6) is 0 Å². The SMILES string of the molecule is CCc1oc(C(=O)N(C)C2CCCCCCC2)cc1C(=O)O. The van der Waals surface area contributed by atoms with Crippen LogP contribution >= 0.6 is 0 Å². The number of carbonyl (C=O) groups is 2. The number of nitrogens with zero attached hydrogens (tertiary/aromatic N) is 1. The molecule has 1 aliphatic carbocycles. The molecule has 5 heteroatoms. The van der Waals surface area contributed by atoms with Crippen LogP contribution in [0.1, 0.15) is 78.5 Å². The summed E-state index contributed by atoms with van der Waals surface area (Å²) in [5, 5.41) is 9.16. The van der Waals surface area contributed by atoms with Crippen molar-refractivity contribution >= 4 is 11.9 Å². The standard InChI is InChI=1S/C17H25NO4/c1-3-14-13(17(20)21)11-15(22-14)16(19)18(2)12-9-7-5-4-6-8-10-12/h11-12H,3-10H2,1-2H3,(H,20,21). The summed E-state index contributed by atoms with van der Waals surface area (Å²) >= 11 is 0. The van der Waals surface area contributed by atoms with Crippen LogP contribution in [0.4, 0.5) is 0 Å². The predicted molar refractivity (Wildman–Crippen MR) is 83.2 cm³/mol. The first-order valence-corrected chi connectivity index (χ1v) is 8.17. The number of aromatic carboxylic acids is 1. The first-order valence-electron chi connectivity index (χ1n) is 8.17. The van der Waals surface area contributed by atoms with Gasteiger partial charge in [0, 0.05) is 25.6 Å². The number of hydrogen-bond acceptors (Lipinski definition) is 3. The van der Waals surface area contributed by atoms with Gasteiger partial charge in [-0.05, 0) is 12.8 Å². The Hall–Kier alpha value is -1.78. The van der Waals surface area contributed by atoms with Gasteiger partial charge in [-0.3, -0.25) is 4.79 Å². The molecule has 1 aliphatic rings. The lowest BCUT2D eigenvalue weighted by molar-refractivity contribution is 0.0668. The molecule has 5 nitrogen and oxygen atoms in total. The van der Waals surface area contributed by atoms with Crippen LogP contribution in [-0.2, 0) is 6.42 Å². The third-order valence-corrected chi connectivity index (χ3v) is 4.51. The lowest BCUT2D eigenvalue weighted by Crippen LogP contribution is -2.37. The molecule has 0 spiro atoms. The molecule has 1 N–H and O–H groups in total. The minimum Gasteiger partial charge on any atom is -0.478 e. The molecule has 122 valence electrons. The largest absolute Gasteiger partial charge is 0.478 e. The van der Waals surface area contributed by atoms with Crippen LogP contribution in [0.15, 0.2) is 10.5 Å². The third kappa shape index (κ3) is 3.70. The van der Waals surface area contributed by atoms with E-state index < -0.39 is 5.97 Å². The van der Waals surface area contributed by atoms with Crippen LogP contribution in [0.2, 0.25) is 0 Å². The van der Waals surface area contributed by atoms with E-state index in [2.05, 4.69) is 0 Å². The Morgan fingerprint density at radius 3 is 2.32 bits per heavy atom. The van der Waals surface area contributed by atoms with Gasteiger partial charge in [0.2, 0.25) is 0 Å². The first-order chi connectivity index (χ1) is 10.5. The topological polar surface area (TPSA) is 70.8 Å². The van der Waals surface area contributed by atoms with E-state index in [0.29, 0.717) is 12.2 Å². The van der Waals surface area contributed by atoms with E-state index in [1.54, 1.807) is 11.9 Å². The van der Waals surface area contributed by atoms with Crippen molar-refractivity contribution in [1.29, 1.82) is 0 Å². The molecule has 1 fully saturated rings. The van der Waals surface area contributed by atoms with E-state index in [4.69, 9.17) is 9.52 Å². The summed E-state index contributed by atoms with van der Waals surface area (Å²) in [6.07, 6.45) is 8.49. The van der Waals surface area contributed by atoms with Gasteiger partial charge in [0.25, 0.3) is 5.91 Å². The number of carboxylic acids is 1. The molecular formula is C17H25NO4. The van der Waals surface area contributed by atoms with Crippen LogP contribution in [0, 0.1) is 0 Å². The number of rotatable bonds is 4. The summed E-state index contributed by atoms with van der Waals surface area (Å²) in [4.78, 5) is 25.5. The molecule has 22 heavy (non-hydrogen) atoms. The number of carboxylic acid groups (broad SMARTS) is 1. The molecule has 1 aromatic rings. The molecule has 0 aliphatic heterocycles. The number of aryl methyl sites for hydroxylation is 1. The summed E-state index contributed by atoms with van der Waals surface area (Å²) in [7, 11) is 1.79. The molecule has 0 atom stereocenters. The maximum Gasteiger partial charge on any atom is 0.339 e. The average Bonchev–Trinajstić information content (AvgIpc) is 2.90. The monoisotopic (exact) mass is 307 g/mol. The fourth-order valence-electron chi connectivity index (χ4n) is 3.14. The molecule has 0 bridgehead atoms. The van der Waals surface area contributed by atoms with Gasteiger partial charge in [0.05, 0.1) is 0 Å². The van der Waals surface area contributed by atoms with Crippen molar-refractivity contribution in [2.45, 2.75) is 64.3 Å². The molecule has 1 heterocycles. The van der Waals surface area contributed by atoms with E-state index in [-0.39, 0.29) is 23.3 Å². The maximum absolute atomic E-state index is 12.6. The summed E-state index contributed by atoms with van der Waals surface area (Å²) in [5.74, 6) is -0.762. The number of amides is 1. The molecule has 1 saturated carbocycles. The Balaban J connectivity index is 2.13. The van der Waals surface area contributed by atoms with Crippen molar-refractivity contribution in [3.05, 3.63) is 23.2 Å². The highest BCUT2D eigenvalue weighted by molar-refractivity contribution is 5.96. The van der Waals surface area contributed by atoms with Gasteiger partial charge in [-0.2, -0.15) is 0 Å². The predicted octanol–water partition coefficient (Wildman–Crippen LogP) is 3.73. The molecule has 1 amide bonds. The Labute approximate surface area is 131 Å². The Morgan fingerprint density at radius 1 is 1.23 bits per heavy atom. The number of carbonyl (C=O) groups excluding carboxylic acids is 1. The van der Waals surface area contributed by atoms with E-state index >= 15 is 0 Å². The Bertz CT molecular complexity index is 527. The van der Waals surface area contributed by atoms with Gasteiger partial charge in [0.1, 0.15) is 11.3 Å². The van der Waals surface area contributed by atoms with Crippen molar-refractivity contribution < 1.29 is 19.1 Å². The van der Waals surface area contributed by atoms with Crippen molar-refractivity contribution in [3.8, 4) is 0 Å². The van der Waals surface area contributed by atoms with Crippen LogP contribution in [0.3, 0.4) is 0 Å². The second-order valence-corrected chi connectivity index (χ2v) is 6.02. The van der Waals surface area contributed by atoms with Gasteiger partial charge < -0.3 is 14.4 Å². The van der Waals surface area contributed by atoms with E-state index in [9.17, 15) is 9.59 Å². The minimum absolute atomic E-state index is 0.0944. The smallest absolute Gasteiger partial charge is 0.339 e. The fraction of sp³-hybridized carbons (Fsp3) is 0.647. The van der Waals surface area contributed by atoms with Crippen LogP contribution in [0.25, 0.3) is 0 Å². The second-order valence-electron chi connectivity index (χ2n) is 6.02. The molecule has 0 radical (unpaired) electrons.